The fraction of sp³-hybridized carbons (Fsp3) is 0.0400. The lowest BCUT2D eigenvalue weighted by atomic mass is 10.1. The average Bonchev–Trinajstić information content (AvgIpc) is 2.84. The molecule has 12 heteroatoms. The Morgan fingerprint density at radius 1 is 0.973 bits per heavy atom. The van der Waals surface area contributed by atoms with Crippen molar-refractivity contribution in [2.24, 2.45) is 0 Å². The molecule has 3 N–H and O–H groups in total. The second-order valence-electron chi connectivity index (χ2n) is 7.44. The summed E-state index contributed by atoms with van der Waals surface area (Å²) in [7, 11) is -4.19. The molecule has 3 rings (SSSR count). The summed E-state index contributed by atoms with van der Waals surface area (Å²) in [4.78, 5) is 34.4. The number of carboxylic acids is 1. The highest BCUT2D eigenvalue weighted by Gasteiger charge is 2.19. The van der Waals surface area contributed by atoms with Gasteiger partial charge >= 0.3 is 16.1 Å². The van der Waals surface area contributed by atoms with Gasteiger partial charge in [-0.2, -0.15) is 13.7 Å². The first-order chi connectivity index (χ1) is 17.5. The van der Waals surface area contributed by atoms with Gasteiger partial charge < -0.3 is 19.9 Å². The number of carboxylic acid groups (broad SMARTS) is 1. The minimum absolute atomic E-state index is 0.0235. The fourth-order valence-corrected chi connectivity index (χ4v) is 4.49. The number of halogens is 1. The first-order valence-electron chi connectivity index (χ1n) is 10.4. The molecule has 0 saturated heterocycles. The van der Waals surface area contributed by atoms with Crippen molar-refractivity contribution >= 4 is 61.3 Å². The van der Waals surface area contributed by atoms with E-state index >= 15 is 0 Å². The maximum absolute atomic E-state index is 12.6. The van der Waals surface area contributed by atoms with Crippen LogP contribution in [0.1, 0.15) is 22.8 Å². The van der Waals surface area contributed by atoms with Crippen molar-refractivity contribution in [1.82, 2.24) is 0 Å². The molecule has 0 heterocycles. The number of hydrogen-bond acceptors (Lipinski definition) is 7. The largest absolute Gasteiger partial charge is 0.478 e. The van der Waals surface area contributed by atoms with Crippen LogP contribution in [0.3, 0.4) is 0 Å². The zero-order valence-electron chi connectivity index (χ0n) is 19.1. The van der Waals surface area contributed by atoms with E-state index in [1.54, 1.807) is 6.07 Å². The molecule has 3 aromatic rings. The number of nitriles is 1. The summed E-state index contributed by atoms with van der Waals surface area (Å²) < 4.78 is 30.8. The number of anilines is 2. The van der Waals surface area contributed by atoms with E-state index in [0.29, 0.717) is 16.9 Å². The normalized spacial score (nSPS) is 11.2. The Kier molecular flexibility index (Phi) is 8.44. The lowest BCUT2D eigenvalue weighted by molar-refractivity contribution is -0.114. The molecule has 37 heavy (non-hydrogen) atoms. The molecule has 0 aliphatic carbocycles. The Morgan fingerprint density at radius 2 is 1.57 bits per heavy atom. The van der Waals surface area contributed by atoms with Crippen molar-refractivity contribution in [2.45, 2.75) is 11.8 Å². The smallest absolute Gasteiger partial charge is 0.339 e. The van der Waals surface area contributed by atoms with Crippen LogP contribution >= 0.6 is 15.9 Å². The predicted molar refractivity (Wildman–Crippen MR) is 138 cm³/mol. The summed E-state index contributed by atoms with van der Waals surface area (Å²) in [6.07, 6.45) is 1.30. The summed E-state index contributed by atoms with van der Waals surface area (Å²) in [6.45, 7) is 1.33. The van der Waals surface area contributed by atoms with Crippen LogP contribution in [-0.2, 0) is 19.7 Å². The summed E-state index contributed by atoms with van der Waals surface area (Å²) in [6, 6.07) is 16.9. The molecule has 188 valence electrons. The minimum Gasteiger partial charge on any atom is -0.478 e. The maximum atomic E-state index is 12.6. The van der Waals surface area contributed by atoms with Gasteiger partial charge in [0, 0.05) is 18.3 Å². The quantitative estimate of drug-likeness (QED) is 0.199. The second-order valence-corrected chi connectivity index (χ2v) is 9.84. The van der Waals surface area contributed by atoms with Crippen LogP contribution in [0.2, 0.25) is 0 Å². The average molecular weight is 584 g/mol. The van der Waals surface area contributed by atoms with Gasteiger partial charge in [-0.15, -0.1) is 0 Å². The molecule has 3 aromatic carbocycles. The number of nitrogens with one attached hydrogen (secondary N) is 2. The number of hydrogen-bond donors (Lipinski definition) is 3. The summed E-state index contributed by atoms with van der Waals surface area (Å²) in [5.74, 6) is -2.14. The van der Waals surface area contributed by atoms with Crippen LogP contribution in [0.5, 0.6) is 5.75 Å². The van der Waals surface area contributed by atoms with Gasteiger partial charge in [-0.3, -0.25) is 9.59 Å². The van der Waals surface area contributed by atoms with E-state index in [4.69, 9.17) is 9.29 Å². The van der Waals surface area contributed by atoms with Crippen molar-refractivity contribution in [3.05, 3.63) is 87.9 Å². The minimum atomic E-state index is -4.19. The number of aromatic carboxylic acids is 1. The van der Waals surface area contributed by atoms with Gasteiger partial charge in [0.25, 0.3) is 5.91 Å². The number of benzene rings is 3. The molecule has 0 aliphatic heterocycles. The van der Waals surface area contributed by atoms with Crippen LogP contribution in [0.4, 0.5) is 11.4 Å². The third-order valence-electron chi connectivity index (χ3n) is 4.68. The number of carbonyl (C=O) groups excluding carboxylic acids is 2. The van der Waals surface area contributed by atoms with E-state index < -0.39 is 22.0 Å². The molecular weight excluding hydrogens is 566 g/mol. The first kappa shape index (κ1) is 27.1. The second kappa shape index (κ2) is 11.5. The molecule has 0 unspecified atom stereocenters. The van der Waals surface area contributed by atoms with Crippen molar-refractivity contribution in [3.63, 3.8) is 0 Å². The van der Waals surface area contributed by atoms with E-state index in [9.17, 15) is 28.1 Å². The number of rotatable bonds is 8. The van der Waals surface area contributed by atoms with E-state index in [0.717, 1.165) is 0 Å². The van der Waals surface area contributed by atoms with Crippen molar-refractivity contribution in [3.8, 4) is 11.8 Å². The van der Waals surface area contributed by atoms with Gasteiger partial charge in [-0.1, -0.05) is 6.07 Å². The van der Waals surface area contributed by atoms with E-state index in [2.05, 4.69) is 26.6 Å². The highest BCUT2D eigenvalue weighted by molar-refractivity contribution is 9.10. The third-order valence-corrected chi connectivity index (χ3v) is 6.55. The van der Waals surface area contributed by atoms with Crippen LogP contribution < -0.4 is 14.8 Å². The third kappa shape index (κ3) is 7.26. The van der Waals surface area contributed by atoms with Crippen molar-refractivity contribution in [1.29, 1.82) is 5.26 Å². The predicted octanol–water partition coefficient (Wildman–Crippen LogP) is 4.42. The molecule has 10 nitrogen and oxygen atoms in total. The number of amides is 2. The zero-order valence-corrected chi connectivity index (χ0v) is 21.5. The summed E-state index contributed by atoms with van der Waals surface area (Å²) in [5, 5.41) is 23.4. The molecule has 0 fully saturated rings. The summed E-state index contributed by atoms with van der Waals surface area (Å²) in [5.41, 5.74) is 0.943. The highest BCUT2D eigenvalue weighted by atomic mass is 79.9. The first-order valence-corrected chi connectivity index (χ1v) is 12.6. The van der Waals surface area contributed by atoms with Gasteiger partial charge in [0.15, 0.2) is 5.75 Å². The molecule has 0 atom stereocenters. The van der Waals surface area contributed by atoms with Crippen LogP contribution in [0.15, 0.2) is 81.7 Å². The Hall–Kier alpha value is -4.47. The number of carbonyl (C=O) groups is 3. The van der Waals surface area contributed by atoms with Gasteiger partial charge in [0.05, 0.1) is 10.0 Å². The Bertz CT molecular complexity index is 1540. The maximum Gasteiger partial charge on any atom is 0.339 e. The lowest BCUT2D eigenvalue weighted by Gasteiger charge is -2.10. The fourth-order valence-electron chi connectivity index (χ4n) is 2.96. The van der Waals surface area contributed by atoms with Gasteiger partial charge in [0.2, 0.25) is 5.91 Å². The molecule has 0 aromatic heterocycles. The van der Waals surface area contributed by atoms with Crippen LogP contribution in [-0.4, -0.2) is 31.3 Å². The van der Waals surface area contributed by atoms with Gasteiger partial charge in [-0.05, 0) is 88.2 Å². The Balaban J connectivity index is 1.75. The molecule has 0 radical (unpaired) electrons. The number of nitrogens with zero attached hydrogens (tertiary/aromatic N) is 1. The highest BCUT2D eigenvalue weighted by Crippen LogP contribution is 2.30. The van der Waals surface area contributed by atoms with Crippen LogP contribution in [0.25, 0.3) is 6.08 Å². The molecule has 0 spiro atoms. The monoisotopic (exact) mass is 583 g/mol. The van der Waals surface area contributed by atoms with E-state index in [1.165, 1.54) is 79.7 Å². The lowest BCUT2D eigenvalue weighted by Crippen LogP contribution is -2.13. The van der Waals surface area contributed by atoms with Gasteiger partial charge in [0.1, 0.15) is 16.5 Å². The zero-order chi connectivity index (χ0) is 27.2. The molecular formula is C25H18BrN3O7S. The van der Waals surface area contributed by atoms with Gasteiger partial charge in [-0.25, -0.2) is 4.79 Å². The van der Waals surface area contributed by atoms with E-state index in [1.807, 2.05) is 0 Å². The molecule has 0 bridgehead atoms. The topological polar surface area (TPSA) is 163 Å². The molecule has 0 saturated carbocycles. The van der Waals surface area contributed by atoms with Crippen molar-refractivity contribution in [2.75, 3.05) is 10.6 Å². The molecule has 0 aliphatic rings. The Labute approximate surface area is 220 Å². The SMILES string of the molecule is CC(=O)Nc1ccc(S(=O)(=O)Oc2ccc(/C=C(\C#N)C(=O)Nc3ccc(C(=O)O)cc3)cc2Br)cc1. The molecule has 2 amide bonds. The Morgan fingerprint density at radius 3 is 2.11 bits per heavy atom. The van der Waals surface area contributed by atoms with Crippen molar-refractivity contribution < 1.29 is 32.1 Å². The van der Waals surface area contributed by atoms with Crippen LogP contribution in [0, 0.1) is 11.3 Å². The van der Waals surface area contributed by atoms with E-state index in [-0.39, 0.29) is 32.2 Å². The standard InChI is InChI=1S/C25H18BrN3O7S/c1-15(30)28-19-7-9-21(10-8-19)37(34,35)36-23-11-2-16(13-22(23)26)12-18(14-27)24(31)29-20-5-3-17(4-6-20)25(32)33/h2-13H,1H3,(H,28,30)(H,29,31)(H,32,33)/b18-12+. The summed E-state index contributed by atoms with van der Waals surface area (Å²) >= 11 is 3.23.